The van der Waals surface area contributed by atoms with Crippen LogP contribution in [0.25, 0.3) is 0 Å². The Hall–Kier alpha value is -1.48. The lowest BCUT2D eigenvalue weighted by atomic mass is 10.1. The molecule has 2 rings (SSSR count). The smallest absolute Gasteiger partial charge is 0.241 e. The molecule has 0 bridgehead atoms. The highest BCUT2D eigenvalue weighted by molar-refractivity contribution is 7.89. The second-order valence-electron chi connectivity index (χ2n) is 4.66. The first kappa shape index (κ1) is 15.9. The van der Waals surface area contributed by atoms with Gasteiger partial charge in [0.1, 0.15) is 0 Å². The van der Waals surface area contributed by atoms with E-state index in [1.54, 1.807) is 32.2 Å². The molecule has 0 amide bonds. The Kier molecular flexibility index (Phi) is 4.94. The van der Waals surface area contributed by atoms with Gasteiger partial charge in [-0.3, -0.25) is 5.84 Å². The fourth-order valence-electron chi connectivity index (χ4n) is 2.20. The van der Waals surface area contributed by atoms with Crippen molar-refractivity contribution < 1.29 is 8.42 Å². The number of rotatable bonds is 6. The van der Waals surface area contributed by atoms with Crippen molar-refractivity contribution in [2.45, 2.75) is 25.2 Å². The molecule has 21 heavy (non-hydrogen) atoms. The number of nitrogens with two attached hydrogens (primary N) is 1. The van der Waals surface area contributed by atoms with E-state index in [0.717, 1.165) is 5.01 Å². The fourth-order valence-corrected chi connectivity index (χ4v) is 4.30. The molecule has 8 heteroatoms. The van der Waals surface area contributed by atoms with Gasteiger partial charge in [0, 0.05) is 30.2 Å². The molecule has 1 aromatic carbocycles. The highest BCUT2D eigenvalue weighted by Crippen LogP contribution is 2.23. The number of aromatic nitrogens is 1. The molecule has 0 spiro atoms. The Labute approximate surface area is 128 Å². The summed E-state index contributed by atoms with van der Waals surface area (Å²) in [5.41, 5.74) is 4.53. The Morgan fingerprint density at radius 1 is 1.29 bits per heavy atom. The molecule has 2 aromatic rings. The van der Waals surface area contributed by atoms with Gasteiger partial charge in [-0.15, -0.1) is 11.3 Å². The third-order valence-corrected chi connectivity index (χ3v) is 5.62. The number of sulfonamides is 1. The Morgan fingerprint density at radius 3 is 2.48 bits per heavy atom. The van der Waals surface area contributed by atoms with Crippen molar-refractivity contribution in [3.05, 3.63) is 39.8 Å². The number of nitrogens with one attached hydrogen (secondary N) is 2. The van der Waals surface area contributed by atoms with E-state index in [1.165, 1.54) is 11.3 Å². The van der Waals surface area contributed by atoms with Gasteiger partial charge in [0.15, 0.2) is 0 Å². The molecular formula is C13H18N4O2S2. The third-order valence-electron chi connectivity index (χ3n) is 3.01. The van der Waals surface area contributed by atoms with Crippen molar-refractivity contribution in [2.24, 2.45) is 5.84 Å². The number of nitrogens with zero attached hydrogens (tertiary/aromatic N) is 1. The maximum Gasteiger partial charge on any atom is 0.241 e. The van der Waals surface area contributed by atoms with E-state index in [0.29, 0.717) is 34.7 Å². The molecule has 0 atom stereocenters. The molecule has 0 aliphatic rings. The van der Waals surface area contributed by atoms with Crippen LogP contribution in [0.3, 0.4) is 0 Å². The Bertz CT molecular complexity index is 689. The molecule has 1 aromatic heterocycles. The lowest BCUT2D eigenvalue weighted by Gasteiger charge is -2.13. The maximum atomic E-state index is 12.4. The Morgan fingerprint density at radius 2 is 1.95 bits per heavy atom. The molecule has 0 saturated carbocycles. The normalized spacial score (nSPS) is 11.6. The molecule has 6 nitrogen and oxygen atoms in total. The van der Waals surface area contributed by atoms with E-state index in [-0.39, 0.29) is 0 Å². The first-order valence-corrected chi connectivity index (χ1v) is 8.76. The van der Waals surface area contributed by atoms with Crippen LogP contribution in [0, 0.1) is 13.8 Å². The van der Waals surface area contributed by atoms with Crippen molar-refractivity contribution >= 4 is 27.0 Å². The summed E-state index contributed by atoms with van der Waals surface area (Å²) in [6.45, 7) is 3.83. The van der Waals surface area contributed by atoms with Crippen molar-refractivity contribution in [1.29, 1.82) is 0 Å². The van der Waals surface area contributed by atoms with Gasteiger partial charge in [0.2, 0.25) is 10.0 Å². The van der Waals surface area contributed by atoms with Crippen molar-refractivity contribution in [3.8, 4) is 0 Å². The van der Waals surface area contributed by atoms with Crippen LogP contribution in [0.5, 0.6) is 0 Å². The largest absolute Gasteiger partial charge is 0.324 e. The van der Waals surface area contributed by atoms with Crippen LogP contribution < -0.4 is 16.0 Å². The molecule has 0 radical (unpaired) electrons. The Balaban J connectivity index is 2.15. The zero-order chi connectivity index (χ0) is 15.5. The quantitative estimate of drug-likeness (QED) is 0.553. The maximum absolute atomic E-state index is 12.4. The number of anilines is 1. The summed E-state index contributed by atoms with van der Waals surface area (Å²) in [7, 11) is -3.54. The number of nitrogen functional groups attached to an aromatic ring is 1. The number of hydrogen-bond acceptors (Lipinski definition) is 6. The molecule has 0 fully saturated rings. The van der Waals surface area contributed by atoms with Gasteiger partial charge >= 0.3 is 0 Å². The molecule has 0 saturated heterocycles. The van der Waals surface area contributed by atoms with Gasteiger partial charge < -0.3 is 5.43 Å². The lowest BCUT2D eigenvalue weighted by molar-refractivity contribution is 0.580. The van der Waals surface area contributed by atoms with Crippen LogP contribution in [0.2, 0.25) is 0 Å². The van der Waals surface area contributed by atoms with Crippen LogP contribution in [0.15, 0.2) is 28.6 Å². The van der Waals surface area contributed by atoms with E-state index in [4.69, 9.17) is 5.84 Å². The van der Waals surface area contributed by atoms with Crippen molar-refractivity contribution in [1.82, 2.24) is 9.71 Å². The van der Waals surface area contributed by atoms with E-state index in [2.05, 4.69) is 15.1 Å². The predicted molar refractivity (Wildman–Crippen MR) is 84.7 cm³/mol. The summed E-state index contributed by atoms with van der Waals surface area (Å²) in [4.78, 5) is 4.43. The first-order valence-electron chi connectivity index (χ1n) is 6.40. The van der Waals surface area contributed by atoms with E-state index in [1.807, 2.05) is 5.38 Å². The number of hydrogen-bond donors (Lipinski definition) is 3. The predicted octanol–water partition coefficient (Wildman–Crippen LogP) is 1.57. The molecule has 4 N–H and O–H groups in total. The zero-order valence-corrected chi connectivity index (χ0v) is 13.5. The summed E-state index contributed by atoms with van der Waals surface area (Å²) in [5.74, 6) is 5.36. The average Bonchev–Trinajstić information content (AvgIpc) is 2.90. The van der Waals surface area contributed by atoms with Gasteiger partial charge in [0.05, 0.1) is 9.90 Å². The van der Waals surface area contributed by atoms with E-state index < -0.39 is 10.0 Å². The minimum atomic E-state index is -3.54. The summed E-state index contributed by atoms with van der Waals surface area (Å²) in [6, 6.07) is 3.42. The highest BCUT2D eigenvalue weighted by Gasteiger charge is 2.19. The number of thiazole rings is 1. The molecule has 0 unspecified atom stereocenters. The van der Waals surface area contributed by atoms with Gasteiger partial charge in [0.25, 0.3) is 0 Å². The van der Waals surface area contributed by atoms with Crippen LogP contribution in [0.4, 0.5) is 5.69 Å². The summed E-state index contributed by atoms with van der Waals surface area (Å²) in [5, 5.41) is 2.78. The fraction of sp³-hybridized carbons (Fsp3) is 0.308. The molecule has 1 heterocycles. The standard InChI is InChI=1S/C13H18N4O2S2/c1-9-7-11(17-14)8-10(2)13(9)21(18,19)16-4-3-12-15-5-6-20-12/h5-8,16-17H,3-4,14H2,1-2H3. The van der Waals surface area contributed by atoms with Crippen LogP contribution in [-0.4, -0.2) is 19.9 Å². The van der Waals surface area contributed by atoms with Crippen molar-refractivity contribution in [2.75, 3.05) is 12.0 Å². The third kappa shape index (κ3) is 3.79. The second kappa shape index (κ2) is 6.52. The average molecular weight is 326 g/mol. The molecule has 0 aliphatic carbocycles. The van der Waals surface area contributed by atoms with Crippen molar-refractivity contribution in [3.63, 3.8) is 0 Å². The van der Waals surface area contributed by atoms with E-state index in [9.17, 15) is 8.42 Å². The highest BCUT2D eigenvalue weighted by atomic mass is 32.2. The minimum absolute atomic E-state index is 0.306. The minimum Gasteiger partial charge on any atom is -0.324 e. The number of benzene rings is 1. The molecule has 114 valence electrons. The van der Waals surface area contributed by atoms with Crippen LogP contribution in [0.1, 0.15) is 16.1 Å². The monoisotopic (exact) mass is 326 g/mol. The van der Waals surface area contributed by atoms with Crippen LogP contribution in [-0.2, 0) is 16.4 Å². The van der Waals surface area contributed by atoms with Crippen LogP contribution >= 0.6 is 11.3 Å². The summed E-state index contributed by atoms with van der Waals surface area (Å²) < 4.78 is 27.5. The molecular weight excluding hydrogens is 308 g/mol. The van der Waals surface area contributed by atoms with Gasteiger partial charge in [-0.1, -0.05) is 0 Å². The second-order valence-corrected chi connectivity index (χ2v) is 7.34. The lowest BCUT2D eigenvalue weighted by Crippen LogP contribution is -2.27. The number of aryl methyl sites for hydroxylation is 2. The summed E-state index contributed by atoms with van der Waals surface area (Å²) >= 11 is 1.51. The van der Waals surface area contributed by atoms with Gasteiger partial charge in [-0.2, -0.15) is 0 Å². The topological polar surface area (TPSA) is 97.1 Å². The van der Waals surface area contributed by atoms with Gasteiger partial charge in [-0.05, 0) is 37.1 Å². The molecule has 0 aliphatic heterocycles. The first-order chi connectivity index (χ1) is 9.94. The summed E-state index contributed by atoms with van der Waals surface area (Å²) in [6.07, 6.45) is 2.29. The number of hydrazine groups is 1. The zero-order valence-electron chi connectivity index (χ0n) is 11.9. The van der Waals surface area contributed by atoms with E-state index >= 15 is 0 Å². The van der Waals surface area contributed by atoms with Gasteiger partial charge in [-0.25, -0.2) is 18.1 Å². The SMILES string of the molecule is Cc1cc(NN)cc(C)c1S(=O)(=O)NCCc1nccs1.